The fourth-order valence-corrected chi connectivity index (χ4v) is 2.30. The molecule has 0 bridgehead atoms. The molecule has 3 heteroatoms. The van der Waals surface area contributed by atoms with Crippen molar-refractivity contribution in [2.24, 2.45) is 0 Å². The fraction of sp³-hybridized carbons (Fsp3) is 0.333. The van der Waals surface area contributed by atoms with Gasteiger partial charge in [-0.15, -0.1) is 0 Å². The predicted octanol–water partition coefficient (Wildman–Crippen LogP) is 3.73. The first-order valence-corrected chi connectivity index (χ1v) is 7.26. The zero-order valence-electron chi connectivity index (χ0n) is 12.9. The summed E-state index contributed by atoms with van der Waals surface area (Å²) in [5, 5.41) is 3.48. The lowest BCUT2D eigenvalue weighted by atomic mass is 10.0. The number of nitrogens with one attached hydrogen (secondary N) is 1. The van der Waals surface area contributed by atoms with Gasteiger partial charge < -0.3 is 14.8 Å². The van der Waals surface area contributed by atoms with Crippen LogP contribution in [0.25, 0.3) is 0 Å². The Morgan fingerprint density at radius 2 is 1.67 bits per heavy atom. The summed E-state index contributed by atoms with van der Waals surface area (Å²) in [7, 11) is 1.66. The van der Waals surface area contributed by atoms with E-state index in [0.29, 0.717) is 12.6 Å². The largest absolute Gasteiger partial charge is 0.497 e. The first-order valence-electron chi connectivity index (χ1n) is 7.26. The SMILES string of the molecule is COc1ccc(OCCNC(C)c2ccccc2C)cc1. The Morgan fingerprint density at radius 1 is 1.00 bits per heavy atom. The fourth-order valence-electron chi connectivity index (χ4n) is 2.30. The topological polar surface area (TPSA) is 30.5 Å². The van der Waals surface area contributed by atoms with Crippen molar-refractivity contribution < 1.29 is 9.47 Å². The quantitative estimate of drug-likeness (QED) is 0.786. The number of methoxy groups -OCH3 is 1. The average Bonchev–Trinajstić information content (AvgIpc) is 2.52. The van der Waals surface area contributed by atoms with E-state index in [9.17, 15) is 0 Å². The number of hydrogen-bond acceptors (Lipinski definition) is 3. The van der Waals surface area contributed by atoms with Crippen LogP contribution in [0.3, 0.4) is 0 Å². The Morgan fingerprint density at radius 3 is 2.33 bits per heavy atom. The predicted molar refractivity (Wildman–Crippen MR) is 86.1 cm³/mol. The molecule has 2 aromatic carbocycles. The second kappa shape index (κ2) is 7.70. The van der Waals surface area contributed by atoms with Crippen LogP contribution in [0.1, 0.15) is 24.1 Å². The minimum absolute atomic E-state index is 0.325. The molecule has 0 aliphatic carbocycles. The third-order valence-corrected chi connectivity index (χ3v) is 3.54. The molecule has 0 radical (unpaired) electrons. The van der Waals surface area contributed by atoms with Gasteiger partial charge in [-0.05, 0) is 49.2 Å². The second-order valence-corrected chi connectivity index (χ2v) is 5.06. The normalized spacial score (nSPS) is 12.0. The van der Waals surface area contributed by atoms with Crippen LogP contribution in [-0.4, -0.2) is 20.3 Å². The van der Waals surface area contributed by atoms with E-state index >= 15 is 0 Å². The zero-order valence-corrected chi connectivity index (χ0v) is 12.9. The third kappa shape index (κ3) is 4.50. The van der Waals surface area contributed by atoms with E-state index in [1.54, 1.807) is 7.11 Å². The van der Waals surface area contributed by atoms with Gasteiger partial charge in [0.15, 0.2) is 0 Å². The Balaban J connectivity index is 1.75. The van der Waals surface area contributed by atoms with Crippen molar-refractivity contribution in [2.45, 2.75) is 19.9 Å². The lowest BCUT2D eigenvalue weighted by molar-refractivity contribution is 0.307. The molecule has 2 aromatic rings. The maximum Gasteiger partial charge on any atom is 0.119 e. The molecule has 0 aromatic heterocycles. The molecule has 0 aliphatic rings. The van der Waals surface area contributed by atoms with Crippen molar-refractivity contribution >= 4 is 0 Å². The summed E-state index contributed by atoms with van der Waals surface area (Å²) in [6, 6.07) is 16.4. The number of hydrogen-bond donors (Lipinski definition) is 1. The van der Waals surface area contributed by atoms with Gasteiger partial charge in [-0.25, -0.2) is 0 Å². The number of rotatable bonds is 7. The molecule has 0 amide bonds. The number of benzene rings is 2. The first-order chi connectivity index (χ1) is 10.2. The highest BCUT2D eigenvalue weighted by atomic mass is 16.5. The average molecular weight is 285 g/mol. The van der Waals surface area contributed by atoms with E-state index in [1.165, 1.54) is 11.1 Å². The summed E-state index contributed by atoms with van der Waals surface area (Å²) >= 11 is 0. The van der Waals surface area contributed by atoms with Gasteiger partial charge in [0.2, 0.25) is 0 Å². The Kier molecular flexibility index (Phi) is 5.64. The van der Waals surface area contributed by atoms with Crippen LogP contribution >= 0.6 is 0 Å². The minimum atomic E-state index is 0.325. The van der Waals surface area contributed by atoms with E-state index in [2.05, 4.69) is 43.4 Å². The van der Waals surface area contributed by atoms with Crippen LogP contribution in [0.4, 0.5) is 0 Å². The van der Waals surface area contributed by atoms with E-state index in [-0.39, 0.29) is 0 Å². The van der Waals surface area contributed by atoms with Crippen LogP contribution in [0.2, 0.25) is 0 Å². The third-order valence-electron chi connectivity index (χ3n) is 3.54. The smallest absolute Gasteiger partial charge is 0.119 e. The van der Waals surface area contributed by atoms with Gasteiger partial charge in [0.25, 0.3) is 0 Å². The molecule has 21 heavy (non-hydrogen) atoms. The summed E-state index contributed by atoms with van der Waals surface area (Å²) in [4.78, 5) is 0. The zero-order chi connectivity index (χ0) is 15.1. The molecule has 0 spiro atoms. The van der Waals surface area contributed by atoms with Crippen molar-refractivity contribution in [3.8, 4) is 11.5 Å². The van der Waals surface area contributed by atoms with Gasteiger partial charge in [-0.2, -0.15) is 0 Å². The van der Waals surface area contributed by atoms with Crippen molar-refractivity contribution in [1.29, 1.82) is 0 Å². The Hall–Kier alpha value is -2.00. The van der Waals surface area contributed by atoms with Gasteiger partial charge in [-0.1, -0.05) is 24.3 Å². The maximum absolute atomic E-state index is 5.70. The molecule has 0 saturated heterocycles. The van der Waals surface area contributed by atoms with E-state index < -0.39 is 0 Å². The molecule has 1 N–H and O–H groups in total. The highest BCUT2D eigenvalue weighted by Gasteiger charge is 2.06. The van der Waals surface area contributed by atoms with Gasteiger partial charge in [0.1, 0.15) is 18.1 Å². The molecule has 0 saturated carbocycles. The molecule has 3 nitrogen and oxygen atoms in total. The molecule has 1 atom stereocenters. The van der Waals surface area contributed by atoms with Gasteiger partial charge >= 0.3 is 0 Å². The highest BCUT2D eigenvalue weighted by Crippen LogP contribution is 2.18. The van der Waals surface area contributed by atoms with Crippen LogP contribution in [0.15, 0.2) is 48.5 Å². The minimum Gasteiger partial charge on any atom is -0.497 e. The van der Waals surface area contributed by atoms with E-state index in [4.69, 9.17) is 9.47 Å². The van der Waals surface area contributed by atoms with Gasteiger partial charge in [-0.3, -0.25) is 0 Å². The summed E-state index contributed by atoms with van der Waals surface area (Å²) in [6.07, 6.45) is 0. The Labute approximate surface area is 126 Å². The lowest BCUT2D eigenvalue weighted by Gasteiger charge is -2.16. The van der Waals surface area contributed by atoms with E-state index in [0.717, 1.165) is 18.0 Å². The summed E-state index contributed by atoms with van der Waals surface area (Å²) < 4.78 is 10.8. The van der Waals surface area contributed by atoms with E-state index in [1.807, 2.05) is 24.3 Å². The molecule has 2 rings (SSSR count). The second-order valence-electron chi connectivity index (χ2n) is 5.06. The van der Waals surface area contributed by atoms with Crippen molar-refractivity contribution in [1.82, 2.24) is 5.32 Å². The Bertz CT molecular complexity index is 551. The molecule has 0 heterocycles. The summed E-state index contributed by atoms with van der Waals surface area (Å²) in [6.45, 7) is 5.77. The standard InChI is InChI=1S/C18H23NO2/c1-14-6-4-5-7-18(14)15(2)19-12-13-21-17-10-8-16(20-3)9-11-17/h4-11,15,19H,12-13H2,1-3H3. The van der Waals surface area contributed by atoms with Crippen LogP contribution < -0.4 is 14.8 Å². The van der Waals surface area contributed by atoms with Crippen molar-refractivity contribution in [3.05, 3.63) is 59.7 Å². The molecule has 1 unspecified atom stereocenters. The number of ether oxygens (including phenoxy) is 2. The van der Waals surface area contributed by atoms with Crippen LogP contribution in [-0.2, 0) is 0 Å². The highest BCUT2D eigenvalue weighted by molar-refractivity contribution is 5.31. The molecule has 0 aliphatic heterocycles. The molecule has 0 fully saturated rings. The van der Waals surface area contributed by atoms with Gasteiger partial charge in [0, 0.05) is 12.6 Å². The molecule has 112 valence electrons. The number of aryl methyl sites for hydroxylation is 1. The van der Waals surface area contributed by atoms with Gasteiger partial charge in [0.05, 0.1) is 7.11 Å². The van der Waals surface area contributed by atoms with Crippen molar-refractivity contribution in [3.63, 3.8) is 0 Å². The maximum atomic E-state index is 5.70. The molecular weight excluding hydrogens is 262 g/mol. The lowest BCUT2D eigenvalue weighted by Crippen LogP contribution is -2.24. The van der Waals surface area contributed by atoms with Crippen LogP contribution in [0, 0.1) is 6.92 Å². The molecular formula is C18H23NO2. The van der Waals surface area contributed by atoms with Crippen LogP contribution in [0.5, 0.6) is 11.5 Å². The monoisotopic (exact) mass is 285 g/mol. The first kappa shape index (κ1) is 15.4. The summed E-state index contributed by atoms with van der Waals surface area (Å²) in [5.74, 6) is 1.70. The summed E-state index contributed by atoms with van der Waals surface area (Å²) in [5.41, 5.74) is 2.65. The van der Waals surface area contributed by atoms with Crippen molar-refractivity contribution in [2.75, 3.05) is 20.3 Å².